The number of pyridine rings is 1. The molecule has 1 aromatic heterocycles. The molecule has 0 aromatic carbocycles. The van der Waals surface area contributed by atoms with E-state index in [2.05, 4.69) is 10.3 Å². The van der Waals surface area contributed by atoms with Crippen LogP contribution in [0.4, 0.5) is 5.82 Å². The van der Waals surface area contributed by atoms with Gasteiger partial charge in [-0.1, -0.05) is 6.07 Å². The van der Waals surface area contributed by atoms with Crippen molar-refractivity contribution in [2.24, 2.45) is 0 Å². The Morgan fingerprint density at radius 1 is 1.50 bits per heavy atom. The van der Waals surface area contributed by atoms with E-state index in [0.717, 1.165) is 18.3 Å². The summed E-state index contributed by atoms with van der Waals surface area (Å²) in [4.78, 5) is 4.19. The predicted octanol–water partition coefficient (Wildman–Crippen LogP) is 0.916. The van der Waals surface area contributed by atoms with Crippen molar-refractivity contribution in [3.05, 3.63) is 23.9 Å². The van der Waals surface area contributed by atoms with E-state index in [1.807, 2.05) is 12.1 Å². The molecule has 1 aromatic rings. The highest BCUT2D eigenvalue weighted by atomic mass is 15.0. The van der Waals surface area contributed by atoms with E-state index in [0.29, 0.717) is 5.82 Å². The minimum absolute atomic E-state index is 0.602. The van der Waals surface area contributed by atoms with Gasteiger partial charge in [0.15, 0.2) is 0 Å². The van der Waals surface area contributed by atoms with Crippen LogP contribution in [-0.2, 0) is 6.54 Å². The van der Waals surface area contributed by atoms with Crippen LogP contribution in [0.1, 0.15) is 18.5 Å². The van der Waals surface area contributed by atoms with Crippen LogP contribution in [0.2, 0.25) is 0 Å². The molecular weight excluding hydrogens is 150 g/mol. The zero-order valence-corrected chi connectivity index (χ0v) is 6.96. The van der Waals surface area contributed by atoms with Crippen LogP contribution in [0.5, 0.6) is 0 Å². The van der Waals surface area contributed by atoms with Gasteiger partial charge >= 0.3 is 0 Å². The summed E-state index contributed by atoms with van der Waals surface area (Å²) in [6.07, 6.45) is 2.62. The lowest BCUT2D eigenvalue weighted by atomic mass is 10.3. The maximum Gasteiger partial charge on any atom is 0.123 e. The van der Waals surface area contributed by atoms with Crippen molar-refractivity contribution in [1.29, 1.82) is 0 Å². The quantitative estimate of drug-likeness (QED) is 0.696. The summed E-state index contributed by atoms with van der Waals surface area (Å²) < 4.78 is 0. The average Bonchev–Trinajstić information content (AvgIpc) is 2.84. The van der Waals surface area contributed by atoms with E-state index in [9.17, 15) is 0 Å². The number of nitrogens with zero attached hydrogens (tertiary/aromatic N) is 1. The Balaban J connectivity index is 1.92. The number of aromatic nitrogens is 1. The lowest BCUT2D eigenvalue weighted by Gasteiger charge is -2.01. The first-order valence-corrected chi connectivity index (χ1v) is 4.29. The minimum Gasteiger partial charge on any atom is -0.384 e. The summed E-state index contributed by atoms with van der Waals surface area (Å²) in [5, 5.41) is 3.38. The molecule has 1 fully saturated rings. The van der Waals surface area contributed by atoms with Crippen molar-refractivity contribution in [3.63, 3.8) is 0 Å². The number of hydrogen-bond acceptors (Lipinski definition) is 3. The predicted molar refractivity (Wildman–Crippen MR) is 48.5 cm³/mol. The lowest BCUT2D eigenvalue weighted by Crippen LogP contribution is -2.16. The standard InChI is InChI=1S/C9H13N3/c10-9-3-1-2-8(12-9)6-11-7-4-5-7/h1-3,7,11H,4-6H2,(H2,10,12). The highest BCUT2D eigenvalue weighted by Crippen LogP contribution is 2.18. The fraction of sp³-hybridized carbons (Fsp3) is 0.444. The molecule has 1 heterocycles. The summed E-state index contributed by atoms with van der Waals surface area (Å²) in [6.45, 7) is 0.843. The van der Waals surface area contributed by atoms with E-state index >= 15 is 0 Å². The van der Waals surface area contributed by atoms with Crippen molar-refractivity contribution >= 4 is 5.82 Å². The Morgan fingerprint density at radius 3 is 3.00 bits per heavy atom. The smallest absolute Gasteiger partial charge is 0.123 e. The monoisotopic (exact) mass is 163 g/mol. The average molecular weight is 163 g/mol. The van der Waals surface area contributed by atoms with E-state index in [4.69, 9.17) is 5.73 Å². The Hall–Kier alpha value is -1.09. The molecule has 1 saturated carbocycles. The highest BCUT2D eigenvalue weighted by molar-refractivity contribution is 5.28. The fourth-order valence-electron chi connectivity index (χ4n) is 1.13. The van der Waals surface area contributed by atoms with Gasteiger partial charge in [0.05, 0.1) is 5.69 Å². The molecule has 2 rings (SSSR count). The van der Waals surface area contributed by atoms with Gasteiger partial charge in [-0.2, -0.15) is 0 Å². The summed E-state index contributed by atoms with van der Waals surface area (Å²) in [5.74, 6) is 0.602. The molecule has 3 nitrogen and oxygen atoms in total. The zero-order chi connectivity index (χ0) is 8.39. The van der Waals surface area contributed by atoms with Crippen LogP contribution in [0.15, 0.2) is 18.2 Å². The van der Waals surface area contributed by atoms with Crippen LogP contribution < -0.4 is 11.1 Å². The molecule has 0 radical (unpaired) electrons. The summed E-state index contributed by atoms with van der Waals surface area (Å²) in [5.41, 5.74) is 6.57. The van der Waals surface area contributed by atoms with Crippen molar-refractivity contribution < 1.29 is 0 Å². The third-order valence-corrected chi connectivity index (χ3v) is 1.98. The van der Waals surface area contributed by atoms with Gasteiger partial charge in [0, 0.05) is 12.6 Å². The maximum absolute atomic E-state index is 5.54. The number of anilines is 1. The highest BCUT2D eigenvalue weighted by Gasteiger charge is 2.19. The summed E-state index contributed by atoms with van der Waals surface area (Å²) in [6, 6.07) is 6.46. The number of nitrogens with two attached hydrogens (primary N) is 1. The molecule has 3 heteroatoms. The van der Waals surface area contributed by atoms with Gasteiger partial charge in [0.1, 0.15) is 5.82 Å². The molecule has 0 unspecified atom stereocenters. The lowest BCUT2D eigenvalue weighted by molar-refractivity contribution is 0.675. The Labute approximate surface area is 72.0 Å². The van der Waals surface area contributed by atoms with Gasteiger partial charge in [0.25, 0.3) is 0 Å². The van der Waals surface area contributed by atoms with Gasteiger partial charge in [-0.15, -0.1) is 0 Å². The van der Waals surface area contributed by atoms with Gasteiger partial charge < -0.3 is 11.1 Å². The first kappa shape index (κ1) is 7.55. The maximum atomic E-state index is 5.54. The molecule has 0 bridgehead atoms. The van der Waals surface area contributed by atoms with Crippen LogP contribution in [-0.4, -0.2) is 11.0 Å². The topological polar surface area (TPSA) is 50.9 Å². The Morgan fingerprint density at radius 2 is 2.33 bits per heavy atom. The van der Waals surface area contributed by atoms with Crippen molar-refractivity contribution in [2.75, 3.05) is 5.73 Å². The van der Waals surface area contributed by atoms with Gasteiger partial charge in [-0.25, -0.2) is 4.98 Å². The molecule has 0 atom stereocenters. The van der Waals surface area contributed by atoms with Crippen LogP contribution >= 0.6 is 0 Å². The van der Waals surface area contributed by atoms with E-state index < -0.39 is 0 Å². The van der Waals surface area contributed by atoms with Crippen molar-refractivity contribution in [1.82, 2.24) is 10.3 Å². The largest absolute Gasteiger partial charge is 0.384 e. The molecule has 0 spiro atoms. The summed E-state index contributed by atoms with van der Waals surface area (Å²) >= 11 is 0. The Kier molecular flexibility index (Phi) is 1.96. The van der Waals surface area contributed by atoms with E-state index in [1.165, 1.54) is 12.8 Å². The van der Waals surface area contributed by atoms with Gasteiger partial charge in [0.2, 0.25) is 0 Å². The second-order valence-corrected chi connectivity index (χ2v) is 3.21. The fourth-order valence-corrected chi connectivity index (χ4v) is 1.13. The van der Waals surface area contributed by atoms with Gasteiger partial charge in [-0.3, -0.25) is 0 Å². The molecule has 64 valence electrons. The molecule has 0 aliphatic heterocycles. The molecule has 1 aliphatic carbocycles. The minimum atomic E-state index is 0.602. The third-order valence-electron chi connectivity index (χ3n) is 1.98. The van der Waals surface area contributed by atoms with Crippen molar-refractivity contribution in [2.45, 2.75) is 25.4 Å². The molecule has 12 heavy (non-hydrogen) atoms. The van der Waals surface area contributed by atoms with Crippen LogP contribution in [0.3, 0.4) is 0 Å². The first-order valence-electron chi connectivity index (χ1n) is 4.29. The molecule has 0 saturated heterocycles. The molecular formula is C9H13N3. The van der Waals surface area contributed by atoms with E-state index in [-0.39, 0.29) is 0 Å². The second-order valence-electron chi connectivity index (χ2n) is 3.21. The number of nitrogens with one attached hydrogen (secondary N) is 1. The van der Waals surface area contributed by atoms with Crippen LogP contribution in [0, 0.1) is 0 Å². The summed E-state index contributed by atoms with van der Waals surface area (Å²) in [7, 11) is 0. The Bertz CT molecular complexity index is 268. The zero-order valence-electron chi connectivity index (χ0n) is 6.96. The number of rotatable bonds is 3. The number of hydrogen-bond donors (Lipinski definition) is 2. The van der Waals surface area contributed by atoms with Crippen molar-refractivity contribution in [3.8, 4) is 0 Å². The van der Waals surface area contributed by atoms with Gasteiger partial charge in [-0.05, 0) is 25.0 Å². The molecule has 0 amide bonds. The molecule has 1 aliphatic rings. The SMILES string of the molecule is Nc1cccc(CNC2CC2)n1. The van der Waals surface area contributed by atoms with E-state index in [1.54, 1.807) is 6.07 Å². The second kappa shape index (κ2) is 3.11. The molecule has 3 N–H and O–H groups in total. The third kappa shape index (κ3) is 1.95. The first-order chi connectivity index (χ1) is 5.84. The van der Waals surface area contributed by atoms with Crippen LogP contribution in [0.25, 0.3) is 0 Å². The number of nitrogen functional groups attached to an aromatic ring is 1. The normalized spacial score (nSPS) is 16.3.